The predicted molar refractivity (Wildman–Crippen MR) is 87.8 cm³/mol. The first-order valence-corrected chi connectivity index (χ1v) is 8.04. The summed E-state index contributed by atoms with van der Waals surface area (Å²) in [6.07, 6.45) is 5.40. The Morgan fingerprint density at radius 1 is 1.30 bits per heavy atom. The van der Waals surface area contributed by atoms with Gasteiger partial charge in [-0.1, -0.05) is 13.0 Å². The van der Waals surface area contributed by atoms with E-state index in [-0.39, 0.29) is 5.92 Å². The zero-order valence-electron chi connectivity index (χ0n) is 14.0. The van der Waals surface area contributed by atoms with Crippen LogP contribution >= 0.6 is 0 Å². The van der Waals surface area contributed by atoms with Gasteiger partial charge in [0.15, 0.2) is 11.5 Å². The third-order valence-corrected chi connectivity index (χ3v) is 4.13. The molecule has 2 aromatic rings. The van der Waals surface area contributed by atoms with E-state index in [4.69, 9.17) is 9.47 Å². The van der Waals surface area contributed by atoms with Gasteiger partial charge in [0, 0.05) is 24.9 Å². The number of nitrogens with zero attached hydrogens (tertiary/aromatic N) is 2. The second-order valence-corrected chi connectivity index (χ2v) is 6.83. The Hall–Kier alpha value is -2.01. The van der Waals surface area contributed by atoms with E-state index < -0.39 is 5.60 Å². The molecular weight excluding hydrogens is 292 g/mol. The number of hydrogen-bond acceptors (Lipinski definition) is 4. The monoisotopic (exact) mass is 316 g/mol. The topological polar surface area (TPSA) is 56.5 Å². The van der Waals surface area contributed by atoms with Gasteiger partial charge >= 0.3 is 0 Å². The van der Waals surface area contributed by atoms with Gasteiger partial charge in [-0.2, -0.15) is 0 Å². The number of benzene rings is 1. The second-order valence-electron chi connectivity index (χ2n) is 6.83. The Balaban J connectivity index is 1.69. The van der Waals surface area contributed by atoms with Crippen LogP contribution in [0.1, 0.15) is 44.5 Å². The molecule has 1 aromatic heterocycles. The number of hydrogen-bond donors (Lipinski definition) is 1. The predicted octanol–water partition coefficient (Wildman–Crippen LogP) is 3.12. The standard InChI is InChI=1S/C18H24N2O3/c1-13(10-14-4-5-15-16(11-14)23-12-22-15)17-19-7-9-20(17)8-6-18(2,3)21/h4-5,7,9,11,13,21H,6,8,10,12H2,1-3H3. The van der Waals surface area contributed by atoms with E-state index in [0.717, 1.165) is 30.3 Å². The molecule has 124 valence electrons. The van der Waals surface area contributed by atoms with Gasteiger partial charge in [0.1, 0.15) is 5.82 Å². The summed E-state index contributed by atoms with van der Waals surface area (Å²) in [5.41, 5.74) is 0.543. The number of aliphatic hydroxyl groups is 1. The largest absolute Gasteiger partial charge is 0.454 e. The molecule has 0 saturated heterocycles. The maximum atomic E-state index is 9.91. The van der Waals surface area contributed by atoms with Gasteiger partial charge in [0.25, 0.3) is 0 Å². The minimum absolute atomic E-state index is 0.284. The maximum Gasteiger partial charge on any atom is 0.231 e. The maximum absolute atomic E-state index is 9.91. The van der Waals surface area contributed by atoms with Crippen LogP contribution in [-0.2, 0) is 13.0 Å². The van der Waals surface area contributed by atoms with Crippen LogP contribution in [0.3, 0.4) is 0 Å². The fourth-order valence-corrected chi connectivity index (χ4v) is 2.85. The van der Waals surface area contributed by atoms with Crippen LogP contribution in [0.5, 0.6) is 11.5 Å². The summed E-state index contributed by atoms with van der Waals surface area (Å²) in [7, 11) is 0. The van der Waals surface area contributed by atoms with Crippen molar-refractivity contribution < 1.29 is 14.6 Å². The van der Waals surface area contributed by atoms with Crippen molar-refractivity contribution in [2.24, 2.45) is 0 Å². The van der Waals surface area contributed by atoms with Crippen LogP contribution in [0.4, 0.5) is 0 Å². The Bertz CT molecular complexity index is 673. The van der Waals surface area contributed by atoms with Crippen molar-refractivity contribution in [3.8, 4) is 11.5 Å². The van der Waals surface area contributed by atoms with Gasteiger partial charge in [-0.3, -0.25) is 0 Å². The average molecular weight is 316 g/mol. The first-order chi connectivity index (χ1) is 10.9. The smallest absolute Gasteiger partial charge is 0.231 e. The fraction of sp³-hybridized carbons (Fsp3) is 0.500. The zero-order chi connectivity index (χ0) is 16.4. The lowest BCUT2D eigenvalue weighted by molar-refractivity contribution is 0.0659. The molecule has 1 atom stereocenters. The number of fused-ring (bicyclic) bond motifs is 1. The van der Waals surface area contributed by atoms with Crippen molar-refractivity contribution in [3.05, 3.63) is 42.0 Å². The molecule has 1 N–H and O–H groups in total. The van der Waals surface area contributed by atoms with Gasteiger partial charge in [0.05, 0.1) is 5.60 Å². The highest BCUT2D eigenvalue weighted by Gasteiger charge is 2.18. The molecule has 5 nitrogen and oxygen atoms in total. The summed E-state index contributed by atoms with van der Waals surface area (Å²) >= 11 is 0. The first-order valence-electron chi connectivity index (χ1n) is 8.04. The van der Waals surface area contributed by atoms with Crippen molar-refractivity contribution in [2.45, 2.75) is 51.7 Å². The van der Waals surface area contributed by atoms with Gasteiger partial charge < -0.3 is 19.1 Å². The molecule has 0 spiro atoms. The zero-order valence-corrected chi connectivity index (χ0v) is 14.0. The molecule has 1 aromatic carbocycles. The van der Waals surface area contributed by atoms with Crippen LogP contribution in [0.25, 0.3) is 0 Å². The molecule has 5 heteroatoms. The van der Waals surface area contributed by atoms with E-state index >= 15 is 0 Å². The van der Waals surface area contributed by atoms with E-state index in [1.807, 2.05) is 38.4 Å². The summed E-state index contributed by atoms with van der Waals surface area (Å²) < 4.78 is 12.9. The molecule has 0 bridgehead atoms. The van der Waals surface area contributed by atoms with Gasteiger partial charge in [-0.05, 0) is 44.4 Å². The third kappa shape index (κ3) is 3.85. The Morgan fingerprint density at radius 2 is 2.09 bits per heavy atom. The summed E-state index contributed by atoms with van der Waals surface area (Å²) in [6.45, 7) is 6.91. The van der Waals surface area contributed by atoms with Crippen molar-refractivity contribution in [1.29, 1.82) is 0 Å². The van der Waals surface area contributed by atoms with Gasteiger partial charge in [-0.15, -0.1) is 0 Å². The van der Waals surface area contributed by atoms with E-state index in [1.165, 1.54) is 5.56 Å². The van der Waals surface area contributed by atoms with E-state index in [2.05, 4.69) is 22.5 Å². The quantitative estimate of drug-likeness (QED) is 0.889. The van der Waals surface area contributed by atoms with Crippen LogP contribution in [0, 0.1) is 0 Å². The molecule has 0 saturated carbocycles. The van der Waals surface area contributed by atoms with E-state index in [9.17, 15) is 5.11 Å². The van der Waals surface area contributed by atoms with Crippen molar-refractivity contribution in [1.82, 2.24) is 9.55 Å². The molecule has 0 fully saturated rings. The van der Waals surface area contributed by atoms with Crippen LogP contribution < -0.4 is 9.47 Å². The molecule has 0 amide bonds. The SMILES string of the molecule is CC(Cc1ccc2c(c1)OCO2)c1nccn1CCC(C)(C)O. The highest BCUT2D eigenvalue weighted by Crippen LogP contribution is 2.33. The molecule has 3 rings (SSSR count). The summed E-state index contributed by atoms with van der Waals surface area (Å²) in [4.78, 5) is 4.51. The number of aromatic nitrogens is 2. The minimum Gasteiger partial charge on any atom is -0.454 e. The van der Waals surface area contributed by atoms with Crippen LogP contribution in [0.2, 0.25) is 0 Å². The lowest BCUT2D eigenvalue weighted by Crippen LogP contribution is -2.22. The van der Waals surface area contributed by atoms with Crippen LogP contribution in [-0.4, -0.2) is 27.1 Å². The Morgan fingerprint density at radius 3 is 2.87 bits per heavy atom. The minimum atomic E-state index is -0.665. The van der Waals surface area contributed by atoms with Crippen LogP contribution in [0.15, 0.2) is 30.6 Å². The van der Waals surface area contributed by atoms with Crippen molar-refractivity contribution in [2.75, 3.05) is 6.79 Å². The fourth-order valence-electron chi connectivity index (χ4n) is 2.85. The molecule has 2 heterocycles. The molecule has 0 aliphatic carbocycles. The average Bonchev–Trinajstić information content (AvgIpc) is 3.12. The number of aryl methyl sites for hydroxylation is 1. The van der Waals surface area contributed by atoms with Crippen molar-refractivity contribution in [3.63, 3.8) is 0 Å². The normalized spacial score (nSPS) is 15.0. The summed E-state index contributed by atoms with van der Waals surface area (Å²) in [6, 6.07) is 6.09. The third-order valence-electron chi connectivity index (χ3n) is 4.13. The highest BCUT2D eigenvalue weighted by atomic mass is 16.7. The Kier molecular flexibility index (Phi) is 4.31. The summed E-state index contributed by atoms with van der Waals surface area (Å²) in [5.74, 6) is 2.97. The van der Waals surface area contributed by atoms with E-state index in [0.29, 0.717) is 13.2 Å². The molecule has 23 heavy (non-hydrogen) atoms. The molecule has 0 radical (unpaired) electrons. The highest BCUT2D eigenvalue weighted by molar-refractivity contribution is 5.44. The van der Waals surface area contributed by atoms with E-state index in [1.54, 1.807) is 0 Å². The number of imidazole rings is 1. The first kappa shape index (κ1) is 15.9. The molecule has 1 unspecified atom stereocenters. The lowest BCUT2D eigenvalue weighted by Gasteiger charge is -2.19. The molecule has 1 aliphatic heterocycles. The second kappa shape index (κ2) is 6.24. The molecular formula is C18H24N2O3. The van der Waals surface area contributed by atoms with Gasteiger partial charge in [0.2, 0.25) is 6.79 Å². The molecule has 1 aliphatic rings. The Labute approximate surface area is 136 Å². The number of ether oxygens (including phenoxy) is 2. The summed E-state index contributed by atoms with van der Waals surface area (Å²) in [5, 5.41) is 9.91. The number of rotatable bonds is 6. The van der Waals surface area contributed by atoms with Crippen molar-refractivity contribution >= 4 is 0 Å². The lowest BCUT2D eigenvalue weighted by atomic mass is 9.99. The van der Waals surface area contributed by atoms with Gasteiger partial charge in [-0.25, -0.2) is 4.98 Å².